The molecule has 1 fully saturated rings. The van der Waals surface area contributed by atoms with Crippen LogP contribution in [0.1, 0.15) is 44.9 Å². The van der Waals surface area contributed by atoms with Crippen molar-refractivity contribution in [2.75, 3.05) is 27.2 Å². The summed E-state index contributed by atoms with van der Waals surface area (Å²) in [6, 6.07) is 0. The summed E-state index contributed by atoms with van der Waals surface area (Å²) in [6.07, 6.45) is 9.76. The minimum atomic E-state index is 0.526. The Hall–Kier alpha value is -0.0800. The molecule has 1 unspecified atom stereocenters. The Kier molecular flexibility index (Phi) is 6.20. The van der Waals surface area contributed by atoms with E-state index in [1.54, 1.807) is 0 Å². The molecule has 2 nitrogen and oxygen atoms in total. The average Bonchev–Trinajstić information content (AvgIpc) is 2.23. The fourth-order valence-corrected chi connectivity index (χ4v) is 2.18. The Bertz CT molecular complexity index is 138. The van der Waals surface area contributed by atoms with Crippen LogP contribution in [0.2, 0.25) is 0 Å². The number of ether oxygens (including phenoxy) is 1. The molecule has 14 heavy (non-hydrogen) atoms. The van der Waals surface area contributed by atoms with Crippen molar-refractivity contribution < 1.29 is 4.74 Å². The molecule has 2 heteroatoms. The number of hydrogen-bond donors (Lipinski definition) is 0. The second-order valence-corrected chi connectivity index (χ2v) is 4.51. The topological polar surface area (TPSA) is 12.5 Å². The van der Waals surface area contributed by atoms with Gasteiger partial charge < -0.3 is 9.64 Å². The molecule has 0 bridgehead atoms. The van der Waals surface area contributed by atoms with Gasteiger partial charge in [-0.3, -0.25) is 0 Å². The maximum Gasteiger partial charge on any atom is 0.0571 e. The van der Waals surface area contributed by atoms with E-state index in [4.69, 9.17) is 4.74 Å². The molecule has 0 aliphatic carbocycles. The van der Waals surface area contributed by atoms with Crippen LogP contribution >= 0.6 is 0 Å². The molecule has 1 rings (SSSR count). The highest BCUT2D eigenvalue weighted by molar-refractivity contribution is 4.62. The second-order valence-electron chi connectivity index (χ2n) is 4.51. The Morgan fingerprint density at radius 3 is 2.14 bits per heavy atom. The van der Waals surface area contributed by atoms with Gasteiger partial charge in [0.2, 0.25) is 0 Å². The molecule has 1 saturated heterocycles. The van der Waals surface area contributed by atoms with E-state index < -0.39 is 0 Å². The van der Waals surface area contributed by atoms with Gasteiger partial charge >= 0.3 is 0 Å². The van der Waals surface area contributed by atoms with E-state index in [1.165, 1.54) is 58.0 Å². The van der Waals surface area contributed by atoms with Gasteiger partial charge in [-0.2, -0.15) is 0 Å². The fraction of sp³-hybridized carbons (Fsp3) is 1.00. The van der Waals surface area contributed by atoms with Crippen LogP contribution < -0.4 is 0 Å². The minimum absolute atomic E-state index is 0.526. The zero-order valence-electron chi connectivity index (χ0n) is 9.80. The van der Waals surface area contributed by atoms with Crippen LogP contribution in [0, 0.1) is 0 Å². The number of hydrogen-bond acceptors (Lipinski definition) is 2. The van der Waals surface area contributed by atoms with Crippen LogP contribution in [0.15, 0.2) is 0 Å². The van der Waals surface area contributed by atoms with E-state index in [2.05, 4.69) is 11.9 Å². The molecule has 1 aliphatic rings. The van der Waals surface area contributed by atoms with Crippen LogP contribution in [0.4, 0.5) is 0 Å². The first kappa shape index (κ1) is 12.0. The van der Waals surface area contributed by atoms with E-state index in [9.17, 15) is 0 Å². The SMILES string of the molecule is COC1CCCCCN(C)CCCC1. The zero-order valence-corrected chi connectivity index (χ0v) is 9.80. The van der Waals surface area contributed by atoms with Crippen LogP contribution in [0.5, 0.6) is 0 Å². The maximum atomic E-state index is 5.48. The van der Waals surface area contributed by atoms with Crippen LogP contribution in [-0.2, 0) is 4.74 Å². The summed E-state index contributed by atoms with van der Waals surface area (Å²) in [5.74, 6) is 0. The van der Waals surface area contributed by atoms with Gasteiger partial charge in [-0.25, -0.2) is 0 Å². The van der Waals surface area contributed by atoms with Crippen LogP contribution in [0.3, 0.4) is 0 Å². The van der Waals surface area contributed by atoms with Crippen molar-refractivity contribution in [1.82, 2.24) is 4.90 Å². The van der Waals surface area contributed by atoms with Gasteiger partial charge in [0.05, 0.1) is 6.10 Å². The van der Waals surface area contributed by atoms with E-state index in [0.29, 0.717) is 6.10 Å². The first-order chi connectivity index (χ1) is 6.83. The molecule has 1 atom stereocenters. The monoisotopic (exact) mass is 199 g/mol. The maximum absolute atomic E-state index is 5.48. The first-order valence-electron chi connectivity index (χ1n) is 6.04. The quantitative estimate of drug-likeness (QED) is 0.644. The summed E-state index contributed by atoms with van der Waals surface area (Å²) >= 11 is 0. The highest BCUT2D eigenvalue weighted by Crippen LogP contribution is 2.14. The van der Waals surface area contributed by atoms with E-state index in [-0.39, 0.29) is 0 Å². The average molecular weight is 199 g/mol. The molecule has 0 radical (unpaired) electrons. The van der Waals surface area contributed by atoms with Gasteiger partial charge in [-0.05, 0) is 52.2 Å². The van der Waals surface area contributed by atoms with Crippen molar-refractivity contribution >= 4 is 0 Å². The van der Waals surface area contributed by atoms with Crippen molar-refractivity contribution in [2.24, 2.45) is 0 Å². The second kappa shape index (κ2) is 7.24. The third-order valence-corrected chi connectivity index (χ3v) is 3.22. The summed E-state index contributed by atoms with van der Waals surface area (Å²) in [4.78, 5) is 2.47. The normalized spacial score (nSPS) is 28.3. The summed E-state index contributed by atoms with van der Waals surface area (Å²) in [7, 11) is 4.10. The van der Waals surface area contributed by atoms with Gasteiger partial charge in [0.25, 0.3) is 0 Å². The van der Waals surface area contributed by atoms with Crippen LogP contribution in [0.25, 0.3) is 0 Å². The molecular weight excluding hydrogens is 174 g/mol. The lowest BCUT2D eigenvalue weighted by atomic mass is 10.1. The Labute approximate surface area is 88.6 Å². The van der Waals surface area contributed by atoms with Crippen molar-refractivity contribution in [1.29, 1.82) is 0 Å². The molecule has 0 saturated carbocycles. The van der Waals surface area contributed by atoms with Crippen molar-refractivity contribution in [3.63, 3.8) is 0 Å². The molecule has 0 spiro atoms. The standard InChI is InChI=1S/C12H25NO/c1-13-10-6-3-4-8-12(14-2)9-5-7-11-13/h12H,3-11H2,1-2H3. The van der Waals surface area contributed by atoms with Crippen molar-refractivity contribution in [2.45, 2.75) is 51.0 Å². The Morgan fingerprint density at radius 2 is 1.50 bits per heavy atom. The molecular formula is C12H25NO. The Balaban J connectivity index is 2.26. The van der Waals surface area contributed by atoms with Gasteiger partial charge in [0.15, 0.2) is 0 Å². The van der Waals surface area contributed by atoms with Gasteiger partial charge in [-0.1, -0.05) is 12.8 Å². The summed E-state index contributed by atoms with van der Waals surface area (Å²) in [6.45, 7) is 2.54. The van der Waals surface area contributed by atoms with E-state index in [1.807, 2.05) is 7.11 Å². The molecule has 84 valence electrons. The highest BCUT2D eigenvalue weighted by atomic mass is 16.5. The van der Waals surface area contributed by atoms with Crippen molar-refractivity contribution in [3.05, 3.63) is 0 Å². The summed E-state index contributed by atoms with van der Waals surface area (Å²) in [5, 5.41) is 0. The fourth-order valence-electron chi connectivity index (χ4n) is 2.18. The molecule has 1 heterocycles. The predicted molar refractivity (Wildman–Crippen MR) is 60.6 cm³/mol. The molecule has 0 aromatic carbocycles. The molecule has 0 N–H and O–H groups in total. The summed E-state index contributed by atoms with van der Waals surface area (Å²) in [5.41, 5.74) is 0. The lowest BCUT2D eigenvalue weighted by molar-refractivity contribution is 0.0837. The summed E-state index contributed by atoms with van der Waals surface area (Å²) < 4.78 is 5.48. The van der Waals surface area contributed by atoms with Crippen LogP contribution in [-0.4, -0.2) is 38.3 Å². The lowest BCUT2D eigenvalue weighted by Crippen LogP contribution is -2.20. The third kappa shape index (κ3) is 4.97. The number of methoxy groups -OCH3 is 1. The van der Waals surface area contributed by atoms with E-state index in [0.717, 1.165) is 0 Å². The smallest absolute Gasteiger partial charge is 0.0571 e. The number of nitrogens with zero attached hydrogens (tertiary/aromatic N) is 1. The molecule has 0 amide bonds. The predicted octanol–water partition coefficient (Wildman–Crippen LogP) is 2.68. The molecule has 0 aromatic heterocycles. The zero-order chi connectivity index (χ0) is 10.2. The molecule has 0 aromatic rings. The van der Waals surface area contributed by atoms with Gasteiger partial charge in [0.1, 0.15) is 0 Å². The van der Waals surface area contributed by atoms with Gasteiger partial charge in [-0.15, -0.1) is 0 Å². The lowest BCUT2D eigenvalue weighted by Gasteiger charge is -2.15. The third-order valence-electron chi connectivity index (χ3n) is 3.22. The number of rotatable bonds is 1. The van der Waals surface area contributed by atoms with Gasteiger partial charge in [0, 0.05) is 7.11 Å². The highest BCUT2D eigenvalue weighted by Gasteiger charge is 2.08. The largest absolute Gasteiger partial charge is 0.381 e. The Morgan fingerprint density at radius 1 is 0.929 bits per heavy atom. The first-order valence-corrected chi connectivity index (χ1v) is 6.04. The molecule has 1 aliphatic heterocycles. The van der Waals surface area contributed by atoms with E-state index >= 15 is 0 Å². The minimum Gasteiger partial charge on any atom is -0.381 e. The van der Waals surface area contributed by atoms with Crippen molar-refractivity contribution in [3.8, 4) is 0 Å².